The number of aliphatic hydroxyl groups is 1. The Kier molecular flexibility index (Phi) is 8.29. The number of carbonyl (C=O) groups is 2. The average Bonchev–Trinajstić information content (AvgIpc) is 3.47. The third kappa shape index (κ3) is 6.27. The van der Waals surface area contributed by atoms with Crippen LogP contribution in [0.3, 0.4) is 0 Å². The van der Waals surface area contributed by atoms with Crippen LogP contribution in [-0.4, -0.2) is 57.1 Å². The van der Waals surface area contributed by atoms with Gasteiger partial charge in [-0.15, -0.1) is 5.10 Å². The van der Waals surface area contributed by atoms with Crippen LogP contribution in [0.25, 0.3) is 16.9 Å². The number of nitrogens with zero attached hydrogens (tertiary/aromatic N) is 2. The van der Waals surface area contributed by atoms with Crippen molar-refractivity contribution in [2.45, 2.75) is 49.3 Å². The predicted octanol–water partition coefficient (Wildman–Crippen LogP) is 4.84. The Bertz CT molecular complexity index is 1580. The molecular formula is C33H32ClFN4O5. The van der Waals surface area contributed by atoms with E-state index in [-0.39, 0.29) is 42.2 Å². The lowest BCUT2D eigenvalue weighted by atomic mass is 9.60. The van der Waals surface area contributed by atoms with E-state index in [4.69, 9.17) is 21.1 Å². The van der Waals surface area contributed by atoms with Crippen molar-refractivity contribution in [3.8, 4) is 28.6 Å². The van der Waals surface area contributed by atoms with Gasteiger partial charge >= 0.3 is 0 Å². The molecule has 44 heavy (non-hydrogen) atoms. The third-order valence-electron chi connectivity index (χ3n) is 8.48. The molecule has 3 N–H and O–H groups in total. The van der Waals surface area contributed by atoms with E-state index >= 15 is 0 Å². The quantitative estimate of drug-likeness (QED) is 0.234. The molecule has 11 heteroatoms. The standard InChI is InChI=1S/C33H32ClFN4O5/c34-25-12-11-24(17-26(25)35)43-20-29(41)36-32-13-15-33(16-14-32,28(40)19-32)37-30(42)21-44-31-18-27(22-7-3-1-4-8-22)39(38-31)23-9-5-2-6-10-23/h1-12,17-18,28,40H,13-16,19-21H2,(H,36,41)(H,37,42)/t28-,32?,33?/m1/s1. The molecule has 3 aliphatic carbocycles. The number of benzene rings is 3. The van der Waals surface area contributed by atoms with Crippen molar-refractivity contribution in [3.05, 3.63) is 95.8 Å². The molecule has 228 valence electrons. The second-order valence-electron chi connectivity index (χ2n) is 11.4. The molecule has 1 atom stereocenters. The Morgan fingerprint density at radius 3 is 2.25 bits per heavy atom. The molecule has 7 rings (SSSR count). The lowest BCUT2D eigenvalue weighted by Crippen LogP contribution is -2.70. The number of nitrogens with one attached hydrogen (secondary N) is 2. The normalized spacial score (nSPS) is 22.3. The van der Waals surface area contributed by atoms with Crippen LogP contribution in [0.2, 0.25) is 5.02 Å². The first-order chi connectivity index (χ1) is 21.2. The first-order valence-corrected chi connectivity index (χ1v) is 14.8. The lowest BCUT2D eigenvalue weighted by Gasteiger charge is -2.56. The van der Waals surface area contributed by atoms with Gasteiger partial charge in [-0.05, 0) is 56.4 Å². The number of ether oxygens (including phenoxy) is 2. The number of rotatable bonds is 10. The topological polar surface area (TPSA) is 115 Å². The highest BCUT2D eigenvalue weighted by Crippen LogP contribution is 2.47. The van der Waals surface area contributed by atoms with E-state index in [0.29, 0.717) is 31.6 Å². The van der Waals surface area contributed by atoms with Crippen molar-refractivity contribution in [2.75, 3.05) is 13.2 Å². The number of carbonyl (C=O) groups excluding carboxylic acids is 2. The van der Waals surface area contributed by atoms with Crippen LogP contribution in [0, 0.1) is 5.82 Å². The van der Waals surface area contributed by atoms with Crippen molar-refractivity contribution in [3.63, 3.8) is 0 Å². The van der Waals surface area contributed by atoms with E-state index in [1.807, 2.05) is 60.7 Å². The van der Waals surface area contributed by atoms with Crippen LogP contribution in [-0.2, 0) is 9.59 Å². The Hall–Kier alpha value is -4.41. The summed E-state index contributed by atoms with van der Waals surface area (Å²) in [4.78, 5) is 25.7. The molecule has 0 saturated heterocycles. The Morgan fingerprint density at radius 1 is 0.909 bits per heavy atom. The van der Waals surface area contributed by atoms with Crippen LogP contribution in [0.5, 0.6) is 11.6 Å². The van der Waals surface area contributed by atoms with Gasteiger partial charge in [0.25, 0.3) is 11.8 Å². The van der Waals surface area contributed by atoms with Crippen molar-refractivity contribution in [1.82, 2.24) is 20.4 Å². The maximum absolute atomic E-state index is 13.7. The zero-order valence-corrected chi connectivity index (χ0v) is 24.6. The van der Waals surface area contributed by atoms with Crippen molar-refractivity contribution < 1.29 is 28.6 Å². The van der Waals surface area contributed by atoms with Crippen LogP contribution in [0.4, 0.5) is 4.39 Å². The number of halogens is 2. The van der Waals surface area contributed by atoms with Crippen LogP contribution >= 0.6 is 11.6 Å². The fraction of sp³-hybridized carbons (Fsp3) is 0.303. The number of amides is 2. The van der Waals surface area contributed by atoms with E-state index in [1.54, 1.807) is 10.7 Å². The van der Waals surface area contributed by atoms with Gasteiger partial charge in [0.1, 0.15) is 11.6 Å². The molecule has 3 saturated carbocycles. The molecule has 1 heterocycles. The molecule has 3 aromatic carbocycles. The number of hydrogen-bond acceptors (Lipinski definition) is 6. The van der Waals surface area contributed by atoms with Crippen molar-refractivity contribution in [1.29, 1.82) is 0 Å². The van der Waals surface area contributed by atoms with Gasteiger partial charge in [-0.3, -0.25) is 9.59 Å². The van der Waals surface area contributed by atoms with E-state index in [2.05, 4.69) is 15.7 Å². The second kappa shape index (κ2) is 12.3. The number of aromatic nitrogens is 2. The first-order valence-electron chi connectivity index (χ1n) is 14.5. The Morgan fingerprint density at radius 2 is 1.57 bits per heavy atom. The number of fused-ring (bicyclic) bond motifs is 3. The average molecular weight is 619 g/mol. The minimum Gasteiger partial charge on any atom is -0.484 e. The van der Waals surface area contributed by atoms with Crippen molar-refractivity contribution >= 4 is 23.4 Å². The highest BCUT2D eigenvalue weighted by Gasteiger charge is 2.55. The molecule has 0 spiro atoms. The maximum Gasteiger partial charge on any atom is 0.258 e. The predicted molar refractivity (Wildman–Crippen MR) is 162 cm³/mol. The van der Waals surface area contributed by atoms with Gasteiger partial charge in [-0.2, -0.15) is 0 Å². The van der Waals surface area contributed by atoms with Crippen LogP contribution in [0.1, 0.15) is 32.1 Å². The molecule has 0 aliphatic heterocycles. The minimum absolute atomic E-state index is 0.0303. The zero-order valence-electron chi connectivity index (χ0n) is 23.8. The Labute approximate surface area is 258 Å². The fourth-order valence-corrected chi connectivity index (χ4v) is 6.29. The summed E-state index contributed by atoms with van der Waals surface area (Å²) in [6.07, 6.45) is 1.57. The summed E-state index contributed by atoms with van der Waals surface area (Å²) in [6, 6.07) is 25.2. The third-order valence-corrected chi connectivity index (χ3v) is 8.79. The van der Waals surface area contributed by atoms with Gasteiger partial charge in [0.05, 0.1) is 28.0 Å². The first kappa shape index (κ1) is 29.7. The summed E-state index contributed by atoms with van der Waals surface area (Å²) in [5.41, 5.74) is 1.23. The molecule has 3 aliphatic rings. The van der Waals surface area contributed by atoms with E-state index in [1.165, 1.54) is 12.1 Å². The second-order valence-corrected chi connectivity index (χ2v) is 11.8. The highest BCUT2D eigenvalue weighted by atomic mass is 35.5. The summed E-state index contributed by atoms with van der Waals surface area (Å²) in [5, 5.41) is 21.7. The molecule has 0 radical (unpaired) electrons. The zero-order chi connectivity index (χ0) is 30.7. The maximum atomic E-state index is 13.7. The number of aliphatic hydroxyl groups excluding tert-OH is 1. The number of hydrogen-bond donors (Lipinski definition) is 3. The molecule has 0 unspecified atom stereocenters. The van der Waals surface area contributed by atoms with Gasteiger partial charge in [-0.1, -0.05) is 60.1 Å². The summed E-state index contributed by atoms with van der Waals surface area (Å²) in [6.45, 7) is -0.566. The summed E-state index contributed by atoms with van der Waals surface area (Å²) < 4.78 is 26.7. The van der Waals surface area contributed by atoms with Gasteiger partial charge in [-0.25, -0.2) is 9.07 Å². The molecule has 1 aromatic heterocycles. The largest absolute Gasteiger partial charge is 0.484 e. The van der Waals surface area contributed by atoms with Crippen molar-refractivity contribution in [2.24, 2.45) is 0 Å². The summed E-state index contributed by atoms with van der Waals surface area (Å²) in [7, 11) is 0. The lowest BCUT2D eigenvalue weighted by molar-refractivity contribution is -0.137. The molecule has 9 nitrogen and oxygen atoms in total. The fourth-order valence-electron chi connectivity index (χ4n) is 6.17. The molecule has 2 bridgehead atoms. The SMILES string of the molecule is O=C(COc1ccc(Cl)c(F)c1)NC12CCC(NC(=O)COc3cc(-c4ccccc4)n(-c4ccccc4)n3)(CC1)[C@H](O)C2. The monoisotopic (exact) mass is 618 g/mol. The molecule has 2 amide bonds. The highest BCUT2D eigenvalue weighted by molar-refractivity contribution is 6.30. The smallest absolute Gasteiger partial charge is 0.258 e. The van der Waals surface area contributed by atoms with Gasteiger partial charge < -0.3 is 25.2 Å². The minimum atomic E-state index is -0.859. The van der Waals surface area contributed by atoms with Gasteiger partial charge in [0.15, 0.2) is 13.2 Å². The molecular weight excluding hydrogens is 587 g/mol. The summed E-state index contributed by atoms with van der Waals surface area (Å²) in [5.74, 6) is -0.864. The molecule has 4 aromatic rings. The van der Waals surface area contributed by atoms with Crippen LogP contribution in [0.15, 0.2) is 84.9 Å². The van der Waals surface area contributed by atoms with E-state index in [9.17, 15) is 19.1 Å². The molecule has 3 fully saturated rings. The number of para-hydroxylation sites is 1. The summed E-state index contributed by atoms with van der Waals surface area (Å²) >= 11 is 5.69. The van der Waals surface area contributed by atoms with Crippen LogP contribution < -0.4 is 20.1 Å². The van der Waals surface area contributed by atoms with E-state index < -0.39 is 23.0 Å². The van der Waals surface area contributed by atoms with E-state index in [0.717, 1.165) is 23.0 Å². The van der Waals surface area contributed by atoms with Gasteiger partial charge in [0, 0.05) is 23.2 Å². The Balaban J connectivity index is 1.05. The van der Waals surface area contributed by atoms with Gasteiger partial charge in [0.2, 0.25) is 5.88 Å².